The Kier molecular flexibility index (Phi) is 5.77. The number of rotatable bonds is 5. The van der Waals surface area contributed by atoms with Gasteiger partial charge in [-0.05, 0) is 30.5 Å². The van der Waals surface area contributed by atoms with E-state index >= 15 is 0 Å². The van der Waals surface area contributed by atoms with Crippen molar-refractivity contribution in [2.45, 2.75) is 55.9 Å². The van der Waals surface area contributed by atoms with Gasteiger partial charge in [0.25, 0.3) is 0 Å². The van der Waals surface area contributed by atoms with Crippen LogP contribution in [0.4, 0.5) is 5.13 Å². The van der Waals surface area contributed by atoms with Gasteiger partial charge in [0.05, 0.1) is 4.90 Å². The van der Waals surface area contributed by atoms with E-state index in [4.69, 9.17) is 0 Å². The molecule has 5 nitrogen and oxygen atoms in total. The fourth-order valence-corrected chi connectivity index (χ4v) is 5.06. The summed E-state index contributed by atoms with van der Waals surface area (Å²) in [5, 5.41) is 2.64. The van der Waals surface area contributed by atoms with E-state index in [0.717, 1.165) is 36.4 Å². The topological polar surface area (TPSA) is 67.3 Å². The highest BCUT2D eigenvalue weighted by Crippen LogP contribution is 2.39. The average molecular weight is 393 g/mol. The van der Waals surface area contributed by atoms with E-state index in [9.17, 15) is 13.2 Å². The molecule has 2 aromatic rings. The van der Waals surface area contributed by atoms with Crippen molar-refractivity contribution >= 4 is 32.2 Å². The van der Waals surface area contributed by atoms with Crippen LogP contribution in [0.1, 0.15) is 50.5 Å². The van der Waals surface area contributed by atoms with Gasteiger partial charge < -0.3 is 0 Å². The lowest BCUT2D eigenvalue weighted by Gasteiger charge is -2.39. The molecule has 1 amide bonds. The van der Waals surface area contributed by atoms with E-state index in [2.05, 4.69) is 4.98 Å². The zero-order chi connectivity index (χ0) is 18.7. The van der Waals surface area contributed by atoms with Crippen LogP contribution in [0.25, 0.3) is 0 Å². The Morgan fingerprint density at radius 2 is 1.92 bits per heavy atom. The van der Waals surface area contributed by atoms with E-state index in [1.807, 2.05) is 29.3 Å². The summed E-state index contributed by atoms with van der Waals surface area (Å²) in [5.41, 5.74) is 1.09. The number of aromatic nitrogens is 1. The standard InChI is InChI=1S/C19H24N2O3S2/c1-3-18(22)21(19-20-12-13-25-19)17-7-5-4-6-16(17)14-8-10-15(11-9-14)26(2,23)24/h8-13,16-17H,3-7H2,1-2H3. The molecule has 140 valence electrons. The normalized spacial score (nSPS) is 20.7. The number of benzene rings is 1. The molecule has 2 atom stereocenters. The molecule has 1 aliphatic rings. The fourth-order valence-electron chi connectivity index (χ4n) is 3.71. The molecular weight excluding hydrogens is 368 g/mol. The van der Waals surface area contributed by atoms with Crippen molar-refractivity contribution in [3.05, 3.63) is 41.4 Å². The molecule has 1 aromatic heterocycles. The van der Waals surface area contributed by atoms with E-state index < -0.39 is 9.84 Å². The van der Waals surface area contributed by atoms with Crippen LogP contribution in [0, 0.1) is 0 Å². The Labute approximate surface area is 159 Å². The molecule has 0 radical (unpaired) electrons. The molecule has 1 heterocycles. The second kappa shape index (κ2) is 7.88. The number of carbonyl (C=O) groups excluding carboxylic acids is 1. The van der Waals surface area contributed by atoms with Gasteiger partial charge in [0.2, 0.25) is 5.91 Å². The average Bonchev–Trinajstić information content (AvgIpc) is 3.16. The van der Waals surface area contributed by atoms with Crippen molar-refractivity contribution < 1.29 is 13.2 Å². The zero-order valence-corrected chi connectivity index (χ0v) is 16.7. The van der Waals surface area contributed by atoms with Crippen molar-refractivity contribution in [3.8, 4) is 0 Å². The monoisotopic (exact) mass is 392 g/mol. The Hall–Kier alpha value is -1.73. The van der Waals surface area contributed by atoms with Crippen LogP contribution in [0.2, 0.25) is 0 Å². The number of hydrogen-bond donors (Lipinski definition) is 0. The molecule has 1 aliphatic carbocycles. The van der Waals surface area contributed by atoms with Crippen LogP contribution < -0.4 is 4.90 Å². The molecule has 2 unspecified atom stereocenters. The summed E-state index contributed by atoms with van der Waals surface area (Å²) < 4.78 is 23.4. The molecule has 0 bridgehead atoms. The number of nitrogens with zero attached hydrogens (tertiary/aromatic N) is 2. The van der Waals surface area contributed by atoms with Crippen molar-refractivity contribution in [1.29, 1.82) is 0 Å². The van der Waals surface area contributed by atoms with Gasteiger partial charge in [0.15, 0.2) is 15.0 Å². The second-order valence-corrected chi connectivity index (χ2v) is 9.62. The highest BCUT2D eigenvalue weighted by Gasteiger charge is 2.35. The Morgan fingerprint density at radius 3 is 2.50 bits per heavy atom. The van der Waals surface area contributed by atoms with Crippen molar-refractivity contribution in [1.82, 2.24) is 4.98 Å². The van der Waals surface area contributed by atoms with Gasteiger partial charge in [-0.25, -0.2) is 13.4 Å². The molecule has 26 heavy (non-hydrogen) atoms. The third kappa shape index (κ3) is 3.99. The maximum absolute atomic E-state index is 12.7. The third-order valence-corrected chi connectivity index (χ3v) is 6.89. The van der Waals surface area contributed by atoms with E-state index in [1.54, 1.807) is 18.3 Å². The minimum atomic E-state index is -3.21. The van der Waals surface area contributed by atoms with Crippen molar-refractivity contribution in [2.24, 2.45) is 0 Å². The maximum atomic E-state index is 12.7. The first-order valence-electron chi connectivity index (χ1n) is 8.93. The van der Waals surface area contributed by atoms with Gasteiger partial charge in [-0.15, -0.1) is 11.3 Å². The number of sulfone groups is 1. The van der Waals surface area contributed by atoms with E-state index in [0.29, 0.717) is 11.3 Å². The van der Waals surface area contributed by atoms with Gasteiger partial charge in [-0.3, -0.25) is 9.69 Å². The quantitative estimate of drug-likeness (QED) is 0.771. The number of thiazole rings is 1. The molecule has 0 saturated heterocycles. The van der Waals surface area contributed by atoms with Gasteiger partial charge in [-0.2, -0.15) is 0 Å². The SMILES string of the molecule is CCC(=O)N(c1nccs1)C1CCCCC1c1ccc(S(C)(=O)=O)cc1. The van der Waals surface area contributed by atoms with E-state index in [-0.39, 0.29) is 17.9 Å². The lowest BCUT2D eigenvalue weighted by atomic mass is 9.79. The van der Waals surface area contributed by atoms with Crippen molar-refractivity contribution in [2.75, 3.05) is 11.2 Å². The summed E-state index contributed by atoms with van der Waals surface area (Å²) in [6, 6.07) is 7.20. The first-order valence-corrected chi connectivity index (χ1v) is 11.7. The van der Waals surface area contributed by atoms with Gasteiger partial charge in [0.1, 0.15) is 0 Å². The number of hydrogen-bond acceptors (Lipinski definition) is 5. The molecule has 1 fully saturated rings. The zero-order valence-electron chi connectivity index (χ0n) is 15.1. The molecule has 3 rings (SSSR count). The molecule has 1 saturated carbocycles. The second-order valence-electron chi connectivity index (χ2n) is 6.73. The smallest absolute Gasteiger partial charge is 0.228 e. The minimum absolute atomic E-state index is 0.0615. The molecule has 0 spiro atoms. The Morgan fingerprint density at radius 1 is 1.23 bits per heavy atom. The summed E-state index contributed by atoms with van der Waals surface area (Å²) >= 11 is 1.49. The molecular formula is C19H24N2O3S2. The van der Waals surface area contributed by atoms with Crippen molar-refractivity contribution in [3.63, 3.8) is 0 Å². The van der Waals surface area contributed by atoms with Gasteiger partial charge >= 0.3 is 0 Å². The summed E-state index contributed by atoms with van der Waals surface area (Å²) in [6.07, 6.45) is 7.51. The lowest BCUT2D eigenvalue weighted by Crippen LogP contribution is -2.45. The third-order valence-electron chi connectivity index (χ3n) is 4.99. The summed E-state index contributed by atoms with van der Waals surface area (Å²) in [7, 11) is -3.21. The van der Waals surface area contributed by atoms with Crippen LogP contribution in [0.5, 0.6) is 0 Å². The Balaban J connectivity index is 1.95. The first-order chi connectivity index (χ1) is 12.4. The van der Waals surface area contributed by atoms with Crippen LogP contribution in [-0.2, 0) is 14.6 Å². The predicted octanol–water partition coefficient (Wildman–Crippen LogP) is 4.02. The molecule has 1 aromatic carbocycles. The number of anilines is 1. The number of amides is 1. The van der Waals surface area contributed by atoms with Crippen LogP contribution in [-0.4, -0.2) is 31.6 Å². The highest BCUT2D eigenvalue weighted by atomic mass is 32.2. The summed E-state index contributed by atoms with van der Waals surface area (Å²) in [4.78, 5) is 19.3. The predicted molar refractivity (Wildman–Crippen MR) is 104 cm³/mol. The maximum Gasteiger partial charge on any atom is 0.228 e. The summed E-state index contributed by atoms with van der Waals surface area (Å²) in [5.74, 6) is 0.279. The minimum Gasteiger partial charge on any atom is -0.284 e. The first kappa shape index (κ1) is 19.0. The van der Waals surface area contributed by atoms with Crippen LogP contribution in [0.15, 0.2) is 40.7 Å². The van der Waals surface area contributed by atoms with Crippen LogP contribution >= 0.6 is 11.3 Å². The highest BCUT2D eigenvalue weighted by molar-refractivity contribution is 7.90. The lowest BCUT2D eigenvalue weighted by molar-refractivity contribution is -0.119. The van der Waals surface area contributed by atoms with E-state index in [1.165, 1.54) is 17.6 Å². The number of carbonyl (C=O) groups is 1. The largest absolute Gasteiger partial charge is 0.284 e. The Bertz CT molecular complexity index is 845. The molecule has 0 N–H and O–H groups in total. The molecule has 7 heteroatoms. The molecule has 0 aliphatic heterocycles. The van der Waals surface area contributed by atoms with Crippen LogP contribution in [0.3, 0.4) is 0 Å². The summed E-state index contributed by atoms with van der Waals surface area (Å²) in [6.45, 7) is 1.88. The fraction of sp³-hybridized carbons (Fsp3) is 0.474. The van der Waals surface area contributed by atoms with Gasteiger partial charge in [0, 0.05) is 36.2 Å². The van der Waals surface area contributed by atoms with Gasteiger partial charge in [-0.1, -0.05) is 31.9 Å².